The smallest absolute Gasteiger partial charge is 0.200 e. The van der Waals surface area contributed by atoms with Crippen LogP contribution in [0.1, 0.15) is 19.8 Å². The van der Waals surface area contributed by atoms with Gasteiger partial charge in [-0.15, -0.1) is 14.8 Å². The van der Waals surface area contributed by atoms with E-state index < -0.39 is 0 Å². The second-order valence-electron chi connectivity index (χ2n) is 4.59. The molecule has 0 unspecified atom stereocenters. The van der Waals surface area contributed by atoms with Gasteiger partial charge in [-0.2, -0.15) is 0 Å². The Morgan fingerprint density at radius 1 is 1.33 bits per heavy atom. The monoisotopic (exact) mass is 246 g/mol. The second kappa shape index (κ2) is 4.32. The first-order chi connectivity index (χ1) is 8.74. The predicted molar refractivity (Wildman–Crippen MR) is 64.2 cm³/mol. The number of hydrogen-bond acceptors (Lipinski definition) is 6. The summed E-state index contributed by atoms with van der Waals surface area (Å²) in [5, 5.41) is 15.5. The normalized spacial score (nSPS) is 17.3. The molecule has 0 aromatic carbocycles. The molecule has 0 atom stereocenters. The van der Waals surface area contributed by atoms with Crippen molar-refractivity contribution in [2.75, 3.05) is 18.0 Å². The average Bonchev–Trinajstić information content (AvgIpc) is 2.86. The molecule has 0 saturated carbocycles. The van der Waals surface area contributed by atoms with Crippen molar-refractivity contribution < 1.29 is 4.79 Å². The van der Waals surface area contributed by atoms with E-state index in [0.29, 0.717) is 11.4 Å². The fourth-order valence-corrected chi connectivity index (χ4v) is 2.32. The SMILES string of the molecule is CC(=O)C1CCN(c2ccc3nnnn3n2)CC1. The third-order valence-corrected chi connectivity index (χ3v) is 3.45. The Morgan fingerprint density at radius 2 is 2.11 bits per heavy atom. The van der Waals surface area contributed by atoms with E-state index in [0.717, 1.165) is 31.7 Å². The number of carbonyl (C=O) groups is 1. The summed E-state index contributed by atoms with van der Waals surface area (Å²) in [5.74, 6) is 1.35. The van der Waals surface area contributed by atoms with Crippen LogP contribution >= 0.6 is 0 Å². The highest BCUT2D eigenvalue weighted by molar-refractivity contribution is 5.78. The zero-order chi connectivity index (χ0) is 12.5. The number of piperidine rings is 1. The molecule has 2 aromatic heterocycles. The van der Waals surface area contributed by atoms with Crippen molar-refractivity contribution in [2.24, 2.45) is 5.92 Å². The van der Waals surface area contributed by atoms with Gasteiger partial charge in [-0.25, -0.2) is 0 Å². The van der Waals surface area contributed by atoms with Crippen LogP contribution in [0.2, 0.25) is 0 Å². The summed E-state index contributed by atoms with van der Waals surface area (Å²) in [7, 11) is 0. The summed E-state index contributed by atoms with van der Waals surface area (Å²) in [4.78, 5) is 13.5. The molecular formula is C11H14N6O. The van der Waals surface area contributed by atoms with E-state index in [4.69, 9.17) is 0 Å². The highest BCUT2D eigenvalue weighted by atomic mass is 16.1. The van der Waals surface area contributed by atoms with Crippen LogP contribution in [-0.2, 0) is 4.79 Å². The third-order valence-electron chi connectivity index (χ3n) is 3.45. The van der Waals surface area contributed by atoms with E-state index >= 15 is 0 Å². The molecular weight excluding hydrogens is 232 g/mol. The standard InChI is InChI=1S/C11H14N6O/c1-8(18)9-4-6-16(7-5-9)11-3-2-10-12-14-15-17(10)13-11/h2-3,9H,4-7H2,1H3. The topological polar surface area (TPSA) is 76.3 Å². The van der Waals surface area contributed by atoms with Crippen molar-refractivity contribution in [1.29, 1.82) is 0 Å². The molecule has 1 fully saturated rings. The van der Waals surface area contributed by atoms with Gasteiger partial charge in [0, 0.05) is 19.0 Å². The van der Waals surface area contributed by atoms with Crippen LogP contribution in [0.25, 0.3) is 5.65 Å². The van der Waals surface area contributed by atoms with Gasteiger partial charge < -0.3 is 4.90 Å². The lowest BCUT2D eigenvalue weighted by Crippen LogP contribution is -2.36. The summed E-state index contributed by atoms with van der Waals surface area (Å²) in [6.45, 7) is 3.38. The number of tetrazole rings is 1. The maximum Gasteiger partial charge on any atom is 0.200 e. The average molecular weight is 246 g/mol. The summed E-state index contributed by atoms with van der Waals surface area (Å²) < 4.78 is 1.42. The first-order valence-corrected chi connectivity index (χ1v) is 6.05. The number of carbonyl (C=O) groups excluding carboxylic acids is 1. The van der Waals surface area contributed by atoms with Gasteiger partial charge in [0.25, 0.3) is 0 Å². The molecule has 3 heterocycles. The van der Waals surface area contributed by atoms with Crippen LogP contribution in [0.15, 0.2) is 12.1 Å². The molecule has 2 aromatic rings. The van der Waals surface area contributed by atoms with Gasteiger partial charge in [0.05, 0.1) is 0 Å². The molecule has 94 valence electrons. The number of rotatable bonds is 2. The Morgan fingerprint density at radius 3 is 2.83 bits per heavy atom. The maximum atomic E-state index is 11.3. The molecule has 0 N–H and O–H groups in total. The number of hydrogen-bond donors (Lipinski definition) is 0. The van der Waals surface area contributed by atoms with Crippen molar-refractivity contribution in [3.05, 3.63) is 12.1 Å². The molecule has 7 nitrogen and oxygen atoms in total. The first kappa shape index (κ1) is 11.1. The number of fused-ring (bicyclic) bond motifs is 1. The van der Waals surface area contributed by atoms with Gasteiger partial charge in [0.2, 0.25) is 0 Å². The van der Waals surface area contributed by atoms with Gasteiger partial charge in [0.15, 0.2) is 11.5 Å². The highest BCUT2D eigenvalue weighted by Gasteiger charge is 2.23. The van der Waals surface area contributed by atoms with E-state index in [9.17, 15) is 4.79 Å². The molecule has 0 spiro atoms. The highest BCUT2D eigenvalue weighted by Crippen LogP contribution is 2.22. The van der Waals surface area contributed by atoms with Crippen LogP contribution in [0, 0.1) is 5.92 Å². The van der Waals surface area contributed by atoms with Crippen molar-refractivity contribution in [3.8, 4) is 0 Å². The largest absolute Gasteiger partial charge is 0.355 e. The van der Waals surface area contributed by atoms with E-state index in [1.165, 1.54) is 4.63 Å². The zero-order valence-corrected chi connectivity index (χ0v) is 10.2. The number of aromatic nitrogens is 5. The van der Waals surface area contributed by atoms with Crippen LogP contribution in [0.4, 0.5) is 5.82 Å². The van der Waals surface area contributed by atoms with Crippen LogP contribution in [0.3, 0.4) is 0 Å². The summed E-state index contributed by atoms with van der Waals surface area (Å²) in [5.41, 5.74) is 0.636. The molecule has 0 bridgehead atoms. The second-order valence-corrected chi connectivity index (χ2v) is 4.59. The summed E-state index contributed by atoms with van der Waals surface area (Å²) in [6.07, 6.45) is 1.79. The van der Waals surface area contributed by atoms with Gasteiger partial charge >= 0.3 is 0 Å². The van der Waals surface area contributed by atoms with E-state index in [1.807, 2.05) is 12.1 Å². The molecule has 0 aliphatic carbocycles. The molecule has 0 amide bonds. The minimum atomic E-state index is 0.206. The Kier molecular flexibility index (Phi) is 2.66. The number of nitrogens with zero attached hydrogens (tertiary/aromatic N) is 6. The van der Waals surface area contributed by atoms with Crippen molar-refractivity contribution >= 4 is 17.2 Å². The molecule has 1 saturated heterocycles. The third kappa shape index (κ3) is 1.92. The lowest BCUT2D eigenvalue weighted by atomic mass is 9.93. The number of ketones is 1. The predicted octanol–water partition coefficient (Wildman–Crippen LogP) is 0.325. The fourth-order valence-electron chi connectivity index (χ4n) is 2.32. The first-order valence-electron chi connectivity index (χ1n) is 6.05. The van der Waals surface area contributed by atoms with Gasteiger partial charge in [-0.3, -0.25) is 4.79 Å². The number of anilines is 1. The minimum Gasteiger partial charge on any atom is -0.355 e. The van der Waals surface area contributed by atoms with E-state index in [2.05, 4.69) is 25.5 Å². The molecule has 1 aliphatic rings. The molecule has 1 aliphatic heterocycles. The summed E-state index contributed by atoms with van der Waals surface area (Å²) >= 11 is 0. The van der Waals surface area contributed by atoms with Gasteiger partial charge in [0.1, 0.15) is 5.78 Å². The van der Waals surface area contributed by atoms with Gasteiger partial charge in [-0.1, -0.05) is 0 Å². The van der Waals surface area contributed by atoms with E-state index in [1.54, 1.807) is 6.92 Å². The summed E-state index contributed by atoms with van der Waals surface area (Å²) in [6, 6.07) is 3.76. The van der Waals surface area contributed by atoms with Crippen LogP contribution in [-0.4, -0.2) is 44.1 Å². The Balaban J connectivity index is 1.77. The lowest BCUT2D eigenvalue weighted by molar-refractivity contribution is -0.121. The lowest BCUT2D eigenvalue weighted by Gasteiger charge is -2.31. The van der Waals surface area contributed by atoms with Crippen LogP contribution < -0.4 is 4.90 Å². The quantitative estimate of drug-likeness (QED) is 0.759. The van der Waals surface area contributed by atoms with Crippen molar-refractivity contribution in [3.63, 3.8) is 0 Å². The Bertz CT molecular complexity index is 572. The van der Waals surface area contributed by atoms with Gasteiger partial charge in [-0.05, 0) is 42.3 Å². The Labute approximate surface area is 104 Å². The maximum absolute atomic E-state index is 11.3. The van der Waals surface area contributed by atoms with Crippen molar-refractivity contribution in [2.45, 2.75) is 19.8 Å². The minimum absolute atomic E-state index is 0.206. The molecule has 7 heteroatoms. The zero-order valence-electron chi connectivity index (χ0n) is 10.2. The molecule has 3 rings (SSSR count). The fraction of sp³-hybridized carbons (Fsp3) is 0.545. The number of Topliss-reactive ketones (excluding diaryl/α,β-unsaturated/α-hetero) is 1. The molecule has 0 radical (unpaired) electrons. The molecule has 18 heavy (non-hydrogen) atoms. The Hall–Kier alpha value is -2.05. The van der Waals surface area contributed by atoms with Crippen LogP contribution in [0.5, 0.6) is 0 Å². The van der Waals surface area contributed by atoms with Crippen molar-refractivity contribution in [1.82, 2.24) is 25.3 Å². The van der Waals surface area contributed by atoms with E-state index in [-0.39, 0.29) is 5.92 Å².